The fourth-order valence-corrected chi connectivity index (χ4v) is 3.36. The van der Waals surface area contributed by atoms with E-state index >= 15 is 0 Å². The summed E-state index contributed by atoms with van der Waals surface area (Å²) in [5.41, 5.74) is 0.101. The Kier molecular flexibility index (Phi) is 11.9. The maximum atomic E-state index is 12.9. The smallest absolute Gasteiger partial charge is 0.328 e. The predicted octanol–water partition coefficient (Wildman–Crippen LogP) is 1.09. The standard InChI is InChI=1S/C21H30N2O9S/c1-29-15-10-12(11-16(30-2)18(15)31-3)19(26)22-13(6-7-17(24)25)20(27)23-14(8-9-33-5)21(28)32-4/h10-11,13-14H,6-9H2,1-5H3,(H,22,26)(H,23,27)(H,24,25)/t13-,14+/m1/s1. The van der Waals surface area contributed by atoms with Crippen molar-refractivity contribution in [3.63, 3.8) is 0 Å². The molecule has 3 N–H and O–H groups in total. The molecule has 11 nitrogen and oxygen atoms in total. The Morgan fingerprint density at radius 2 is 1.55 bits per heavy atom. The van der Waals surface area contributed by atoms with E-state index < -0.39 is 35.8 Å². The summed E-state index contributed by atoms with van der Waals surface area (Å²) < 4.78 is 20.4. The average molecular weight is 487 g/mol. The minimum atomic E-state index is -1.21. The number of hydrogen-bond donors (Lipinski definition) is 3. The summed E-state index contributed by atoms with van der Waals surface area (Å²) >= 11 is 1.48. The Balaban J connectivity index is 3.14. The number of esters is 1. The minimum Gasteiger partial charge on any atom is -0.493 e. The third-order valence-electron chi connectivity index (χ3n) is 4.61. The molecule has 0 bridgehead atoms. The van der Waals surface area contributed by atoms with Crippen LogP contribution in [0.2, 0.25) is 0 Å². The van der Waals surface area contributed by atoms with E-state index in [0.29, 0.717) is 12.2 Å². The second-order valence-electron chi connectivity index (χ2n) is 6.74. The van der Waals surface area contributed by atoms with Crippen LogP contribution in [0.15, 0.2) is 12.1 Å². The Hall–Kier alpha value is -3.15. The van der Waals surface area contributed by atoms with Crippen molar-refractivity contribution in [1.29, 1.82) is 0 Å². The first-order chi connectivity index (χ1) is 15.7. The Bertz CT molecular complexity index is 822. The Morgan fingerprint density at radius 3 is 2.00 bits per heavy atom. The lowest BCUT2D eigenvalue weighted by Gasteiger charge is -2.22. The number of carboxylic acid groups (broad SMARTS) is 1. The van der Waals surface area contributed by atoms with Gasteiger partial charge in [0.05, 0.1) is 28.4 Å². The fourth-order valence-electron chi connectivity index (χ4n) is 2.89. The van der Waals surface area contributed by atoms with Gasteiger partial charge in [-0.2, -0.15) is 11.8 Å². The molecule has 1 rings (SSSR count). The van der Waals surface area contributed by atoms with E-state index in [0.717, 1.165) is 0 Å². The van der Waals surface area contributed by atoms with E-state index in [1.54, 1.807) is 0 Å². The molecule has 0 aliphatic rings. The van der Waals surface area contributed by atoms with E-state index in [2.05, 4.69) is 10.6 Å². The number of nitrogens with one attached hydrogen (secondary N) is 2. The monoisotopic (exact) mass is 486 g/mol. The lowest BCUT2D eigenvalue weighted by molar-refractivity contribution is -0.145. The zero-order chi connectivity index (χ0) is 25.0. The van der Waals surface area contributed by atoms with Gasteiger partial charge in [-0.3, -0.25) is 14.4 Å². The molecule has 0 radical (unpaired) electrons. The fraction of sp³-hybridized carbons (Fsp3) is 0.524. The van der Waals surface area contributed by atoms with Crippen LogP contribution >= 0.6 is 11.8 Å². The molecule has 1 aromatic carbocycles. The average Bonchev–Trinajstić information content (AvgIpc) is 2.81. The number of ether oxygens (including phenoxy) is 4. The molecule has 0 saturated carbocycles. The van der Waals surface area contributed by atoms with Crippen molar-refractivity contribution >= 4 is 35.5 Å². The highest BCUT2D eigenvalue weighted by molar-refractivity contribution is 7.98. The maximum absolute atomic E-state index is 12.9. The summed E-state index contributed by atoms with van der Waals surface area (Å²) in [7, 11) is 5.41. The number of benzene rings is 1. The highest BCUT2D eigenvalue weighted by Gasteiger charge is 2.28. The van der Waals surface area contributed by atoms with E-state index in [1.807, 2.05) is 6.26 Å². The van der Waals surface area contributed by atoms with Crippen LogP contribution in [-0.2, 0) is 19.1 Å². The Morgan fingerprint density at radius 1 is 0.939 bits per heavy atom. The minimum absolute atomic E-state index is 0.101. The van der Waals surface area contributed by atoms with Gasteiger partial charge in [-0.1, -0.05) is 0 Å². The summed E-state index contributed by atoms with van der Waals surface area (Å²) in [5.74, 6) is -1.81. The second-order valence-corrected chi connectivity index (χ2v) is 7.72. The number of carbonyl (C=O) groups is 4. The van der Waals surface area contributed by atoms with Crippen LogP contribution in [0.3, 0.4) is 0 Å². The van der Waals surface area contributed by atoms with Gasteiger partial charge in [0.15, 0.2) is 11.5 Å². The van der Waals surface area contributed by atoms with E-state index in [-0.39, 0.29) is 35.7 Å². The first-order valence-electron chi connectivity index (χ1n) is 9.92. The van der Waals surface area contributed by atoms with Crippen molar-refractivity contribution in [2.24, 2.45) is 0 Å². The topological polar surface area (TPSA) is 149 Å². The summed E-state index contributed by atoms with van der Waals surface area (Å²) in [6.45, 7) is 0. The maximum Gasteiger partial charge on any atom is 0.328 e. The van der Waals surface area contributed by atoms with Crippen LogP contribution in [0.25, 0.3) is 0 Å². The summed E-state index contributed by atoms with van der Waals surface area (Å²) in [6, 6.07) is 0.659. The van der Waals surface area contributed by atoms with Crippen molar-refractivity contribution < 1.29 is 43.2 Å². The quantitative estimate of drug-likeness (QED) is 0.326. The highest BCUT2D eigenvalue weighted by atomic mass is 32.2. The summed E-state index contributed by atoms with van der Waals surface area (Å²) in [6.07, 6.45) is 1.60. The van der Waals surface area contributed by atoms with Crippen molar-refractivity contribution in [2.75, 3.05) is 40.4 Å². The molecule has 2 atom stereocenters. The largest absolute Gasteiger partial charge is 0.493 e. The molecule has 0 aliphatic heterocycles. The van der Waals surface area contributed by atoms with Crippen LogP contribution in [0, 0.1) is 0 Å². The number of rotatable bonds is 14. The number of methoxy groups -OCH3 is 4. The third kappa shape index (κ3) is 8.37. The van der Waals surface area contributed by atoms with E-state index in [9.17, 15) is 19.2 Å². The molecule has 1 aromatic rings. The highest BCUT2D eigenvalue weighted by Crippen LogP contribution is 2.38. The normalized spacial score (nSPS) is 12.2. The molecule has 0 unspecified atom stereocenters. The van der Waals surface area contributed by atoms with Gasteiger partial charge < -0.3 is 34.7 Å². The molecule has 12 heteroatoms. The van der Waals surface area contributed by atoms with Crippen molar-refractivity contribution in [2.45, 2.75) is 31.3 Å². The Labute approximate surface area is 196 Å². The zero-order valence-electron chi connectivity index (χ0n) is 19.3. The van der Waals surface area contributed by atoms with Crippen LogP contribution in [0.1, 0.15) is 29.6 Å². The lowest BCUT2D eigenvalue weighted by atomic mass is 10.1. The SMILES string of the molecule is COC(=O)[C@H](CCSC)NC(=O)[C@@H](CCC(=O)O)NC(=O)c1cc(OC)c(OC)c(OC)c1. The molecule has 0 aliphatic carbocycles. The molecule has 184 valence electrons. The second kappa shape index (κ2) is 14.1. The van der Waals surface area contributed by atoms with E-state index in [4.69, 9.17) is 24.1 Å². The van der Waals surface area contributed by atoms with Crippen molar-refractivity contribution in [1.82, 2.24) is 10.6 Å². The molecular weight excluding hydrogens is 456 g/mol. The summed E-state index contributed by atoms with van der Waals surface area (Å²) in [5, 5.41) is 14.1. The number of hydrogen-bond acceptors (Lipinski definition) is 9. The molecule has 0 fully saturated rings. The van der Waals surface area contributed by atoms with Gasteiger partial charge in [0.25, 0.3) is 5.91 Å². The molecule has 2 amide bonds. The van der Waals surface area contributed by atoms with Crippen LogP contribution in [-0.4, -0.2) is 81.4 Å². The van der Waals surface area contributed by atoms with Crippen LogP contribution in [0.5, 0.6) is 17.2 Å². The van der Waals surface area contributed by atoms with Gasteiger partial charge >= 0.3 is 11.9 Å². The van der Waals surface area contributed by atoms with Crippen molar-refractivity contribution in [3.8, 4) is 17.2 Å². The number of carbonyl (C=O) groups excluding carboxylic acids is 3. The van der Waals surface area contributed by atoms with Gasteiger partial charge in [-0.05, 0) is 37.0 Å². The summed E-state index contributed by atoms with van der Waals surface area (Å²) in [4.78, 5) is 48.9. The number of carboxylic acids is 1. The first-order valence-corrected chi connectivity index (χ1v) is 11.3. The van der Waals surface area contributed by atoms with Gasteiger partial charge in [0.2, 0.25) is 11.7 Å². The van der Waals surface area contributed by atoms with Gasteiger partial charge in [-0.25, -0.2) is 4.79 Å². The zero-order valence-corrected chi connectivity index (χ0v) is 20.1. The molecule has 0 saturated heterocycles. The number of aliphatic carboxylic acids is 1. The third-order valence-corrected chi connectivity index (χ3v) is 5.25. The van der Waals surface area contributed by atoms with Gasteiger partial charge in [0, 0.05) is 12.0 Å². The predicted molar refractivity (Wildman–Crippen MR) is 121 cm³/mol. The lowest BCUT2D eigenvalue weighted by Crippen LogP contribution is -2.52. The van der Waals surface area contributed by atoms with Gasteiger partial charge in [-0.15, -0.1) is 0 Å². The molecule has 0 spiro atoms. The van der Waals surface area contributed by atoms with E-state index in [1.165, 1.54) is 52.3 Å². The molecule has 0 heterocycles. The molecular formula is C21H30N2O9S. The molecule has 33 heavy (non-hydrogen) atoms. The number of amides is 2. The van der Waals surface area contributed by atoms with Gasteiger partial charge in [0.1, 0.15) is 12.1 Å². The van der Waals surface area contributed by atoms with Crippen molar-refractivity contribution in [3.05, 3.63) is 17.7 Å². The van der Waals surface area contributed by atoms with Crippen LogP contribution in [0.4, 0.5) is 0 Å². The number of thioether (sulfide) groups is 1. The molecule has 0 aromatic heterocycles. The van der Waals surface area contributed by atoms with Crippen LogP contribution < -0.4 is 24.8 Å². The first kappa shape index (κ1) is 27.9.